The van der Waals surface area contributed by atoms with Gasteiger partial charge in [0.05, 0.1) is 12.5 Å². The van der Waals surface area contributed by atoms with E-state index in [1.807, 2.05) is 20.8 Å². The summed E-state index contributed by atoms with van der Waals surface area (Å²) in [5.74, 6) is -0.190. The van der Waals surface area contributed by atoms with Gasteiger partial charge in [-0.1, -0.05) is 33.6 Å². The van der Waals surface area contributed by atoms with Crippen molar-refractivity contribution >= 4 is 23.9 Å². The fraction of sp³-hybridized carbons (Fsp3) is 0.478. The molecule has 11 nitrogen and oxygen atoms in total. The Bertz CT molecular complexity index is 1010. The Hall–Kier alpha value is -3.60. The summed E-state index contributed by atoms with van der Waals surface area (Å²) in [6.07, 6.45) is 3.64. The van der Waals surface area contributed by atoms with E-state index in [0.717, 1.165) is 12.8 Å². The molecule has 3 N–H and O–H groups in total. The summed E-state index contributed by atoms with van der Waals surface area (Å²) >= 11 is 0. The Morgan fingerprint density at radius 1 is 1.26 bits per heavy atom. The molecule has 1 aliphatic heterocycles. The van der Waals surface area contributed by atoms with Crippen LogP contribution in [0.4, 0.5) is 5.69 Å². The maximum Gasteiger partial charge on any atom is 0.277 e. The van der Waals surface area contributed by atoms with Gasteiger partial charge in [-0.3, -0.25) is 19.6 Å². The molecule has 184 valence electrons. The molecule has 1 aromatic heterocycles. The number of hydrogen-bond acceptors (Lipinski definition) is 8. The summed E-state index contributed by atoms with van der Waals surface area (Å²) in [5, 5.41) is 15.7. The van der Waals surface area contributed by atoms with Crippen molar-refractivity contribution < 1.29 is 33.5 Å². The number of carbonyl (C=O) groups excluding carboxylic acids is 3. The van der Waals surface area contributed by atoms with Crippen LogP contribution < -0.4 is 20.1 Å². The minimum Gasteiger partial charge on any atom is -0.454 e. The first-order valence-corrected chi connectivity index (χ1v) is 11.2. The number of oxazole rings is 1. The number of anilines is 1. The Labute approximate surface area is 197 Å². The lowest BCUT2D eigenvalue weighted by molar-refractivity contribution is -0.154. The molecule has 0 fully saturated rings. The highest BCUT2D eigenvalue weighted by molar-refractivity contribution is 6.02. The molecule has 3 rings (SSSR count). The molecule has 2 aromatic rings. The first-order chi connectivity index (χ1) is 16.3. The second kappa shape index (κ2) is 11.5. The fourth-order valence-electron chi connectivity index (χ4n) is 3.51. The molecule has 0 spiro atoms. The molecule has 0 bridgehead atoms. The topological polar surface area (TPSA) is 143 Å². The average molecular weight is 475 g/mol. The van der Waals surface area contributed by atoms with E-state index >= 15 is 0 Å². The first-order valence-electron chi connectivity index (χ1n) is 11.2. The van der Waals surface area contributed by atoms with E-state index in [1.54, 1.807) is 18.2 Å². The molecular weight excluding hydrogens is 444 g/mol. The molecule has 0 unspecified atom stereocenters. The Balaban J connectivity index is 1.69. The highest BCUT2D eigenvalue weighted by Crippen LogP contribution is 2.34. The van der Waals surface area contributed by atoms with Crippen molar-refractivity contribution in [3.05, 3.63) is 36.0 Å². The molecule has 0 radical (unpaired) electrons. The summed E-state index contributed by atoms with van der Waals surface area (Å²) in [6.45, 7) is 5.77. The second-order valence-electron chi connectivity index (χ2n) is 8.39. The van der Waals surface area contributed by atoms with Crippen LogP contribution in [0.5, 0.6) is 11.5 Å². The lowest BCUT2D eigenvalue weighted by atomic mass is 9.98. The zero-order valence-corrected chi connectivity index (χ0v) is 19.4. The summed E-state index contributed by atoms with van der Waals surface area (Å²) in [6, 6.07) is 4.43. The summed E-state index contributed by atoms with van der Waals surface area (Å²) < 4.78 is 16.1. The van der Waals surface area contributed by atoms with E-state index in [2.05, 4.69) is 15.6 Å². The summed E-state index contributed by atoms with van der Waals surface area (Å²) in [5.41, 5.74) is 0.563. The largest absolute Gasteiger partial charge is 0.454 e. The molecule has 1 aliphatic rings. The minimum absolute atomic E-state index is 0.0533. The van der Waals surface area contributed by atoms with E-state index in [4.69, 9.17) is 13.9 Å². The van der Waals surface area contributed by atoms with E-state index in [9.17, 15) is 19.6 Å². The van der Waals surface area contributed by atoms with Gasteiger partial charge in [0.25, 0.3) is 5.91 Å². The highest BCUT2D eigenvalue weighted by Gasteiger charge is 2.29. The quantitative estimate of drug-likeness (QED) is 0.242. The SMILES string of the molecule is CCCC[C@H](CN(O)C=O)C(=O)N[C@H](c1nc(C(=O)Nc2ccc3c(c2)OCO3)co1)C(C)C. The molecule has 3 amide bonds. The van der Waals surface area contributed by atoms with Crippen LogP contribution in [0.1, 0.15) is 62.5 Å². The van der Waals surface area contributed by atoms with Gasteiger partial charge in [0.1, 0.15) is 12.3 Å². The molecule has 11 heteroatoms. The number of aromatic nitrogens is 1. The van der Waals surface area contributed by atoms with Crippen molar-refractivity contribution in [1.82, 2.24) is 15.4 Å². The van der Waals surface area contributed by atoms with Gasteiger partial charge in [-0.15, -0.1) is 0 Å². The number of nitrogens with zero attached hydrogens (tertiary/aromatic N) is 2. The highest BCUT2D eigenvalue weighted by atomic mass is 16.7. The molecule has 0 aliphatic carbocycles. The fourth-order valence-corrected chi connectivity index (χ4v) is 3.51. The maximum absolute atomic E-state index is 12.9. The molecule has 1 aromatic carbocycles. The van der Waals surface area contributed by atoms with Crippen molar-refractivity contribution in [3.8, 4) is 11.5 Å². The van der Waals surface area contributed by atoms with Crippen molar-refractivity contribution in [2.75, 3.05) is 18.7 Å². The van der Waals surface area contributed by atoms with Crippen molar-refractivity contribution in [1.29, 1.82) is 0 Å². The van der Waals surface area contributed by atoms with Gasteiger partial charge in [-0.05, 0) is 24.5 Å². The smallest absolute Gasteiger partial charge is 0.277 e. The standard InChI is InChI=1S/C23H30N4O7/c1-4-5-6-15(10-27(31)12-28)21(29)26-20(14(2)3)23-25-17(11-32-23)22(30)24-16-7-8-18-19(9-16)34-13-33-18/h7-9,11-12,14-15,20,31H,4-6,10,13H2,1-3H3,(H,24,30)(H,26,29)/t15-,20+/m1/s1. The third kappa shape index (κ3) is 6.25. The van der Waals surface area contributed by atoms with Gasteiger partial charge >= 0.3 is 0 Å². The third-order valence-electron chi connectivity index (χ3n) is 5.42. The Morgan fingerprint density at radius 3 is 2.74 bits per heavy atom. The normalized spacial score (nSPS) is 13.9. The molecule has 0 saturated carbocycles. The van der Waals surface area contributed by atoms with Gasteiger partial charge in [0, 0.05) is 11.8 Å². The number of carbonyl (C=O) groups is 3. The Morgan fingerprint density at radius 2 is 2.03 bits per heavy atom. The number of fused-ring (bicyclic) bond motifs is 1. The number of rotatable bonds is 12. The number of benzene rings is 1. The van der Waals surface area contributed by atoms with Crippen molar-refractivity contribution in [2.45, 2.75) is 46.1 Å². The zero-order valence-electron chi connectivity index (χ0n) is 19.4. The zero-order chi connectivity index (χ0) is 24.7. The van der Waals surface area contributed by atoms with Crippen molar-refractivity contribution in [2.24, 2.45) is 11.8 Å². The van der Waals surface area contributed by atoms with Gasteiger partial charge < -0.3 is 24.5 Å². The van der Waals surface area contributed by atoms with Gasteiger partial charge in [0.2, 0.25) is 25.0 Å². The predicted octanol–water partition coefficient (Wildman–Crippen LogP) is 3.12. The van der Waals surface area contributed by atoms with Crippen LogP contribution in [0.15, 0.2) is 28.9 Å². The van der Waals surface area contributed by atoms with E-state index < -0.39 is 17.9 Å². The average Bonchev–Trinajstić information content (AvgIpc) is 3.49. The predicted molar refractivity (Wildman–Crippen MR) is 120 cm³/mol. The molecule has 0 saturated heterocycles. The van der Waals surface area contributed by atoms with E-state index in [-0.39, 0.29) is 43.2 Å². The number of ether oxygens (including phenoxy) is 2. The first kappa shape index (κ1) is 25.0. The number of nitrogens with one attached hydrogen (secondary N) is 2. The van der Waals surface area contributed by atoms with Crippen LogP contribution in [0.3, 0.4) is 0 Å². The van der Waals surface area contributed by atoms with Crippen LogP contribution in [0, 0.1) is 11.8 Å². The number of amides is 3. The van der Waals surface area contributed by atoms with Crippen LogP contribution in [-0.2, 0) is 9.59 Å². The van der Waals surface area contributed by atoms with E-state index in [0.29, 0.717) is 28.7 Å². The lowest BCUT2D eigenvalue weighted by Crippen LogP contribution is -2.40. The molecule has 2 heterocycles. The molecule has 2 atom stereocenters. The van der Waals surface area contributed by atoms with Crippen LogP contribution >= 0.6 is 0 Å². The number of hydroxylamine groups is 2. The van der Waals surface area contributed by atoms with Gasteiger partial charge in [-0.2, -0.15) is 0 Å². The minimum atomic E-state index is -0.605. The second-order valence-corrected chi connectivity index (χ2v) is 8.39. The third-order valence-corrected chi connectivity index (χ3v) is 5.42. The van der Waals surface area contributed by atoms with Gasteiger partial charge in [0.15, 0.2) is 17.2 Å². The molecule has 34 heavy (non-hydrogen) atoms. The van der Waals surface area contributed by atoms with Crippen LogP contribution in [-0.4, -0.2) is 46.8 Å². The number of unbranched alkanes of at least 4 members (excludes halogenated alkanes) is 1. The van der Waals surface area contributed by atoms with Gasteiger partial charge in [-0.25, -0.2) is 10.0 Å². The van der Waals surface area contributed by atoms with Crippen LogP contribution in [0.2, 0.25) is 0 Å². The van der Waals surface area contributed by atoms with E-state index in [1.165, 1.54) is 6.26 Å². The lowest BCUT2D eigenvalue weighted by Gasteiger charge is -2.24. The summed E-state index contributed by atoms with van der Waals surface area (Å²) in [4.78, 5) is 40.7. The Kier molecular flexibility index (Phi) is 8.47. The monoisotopic (exact) mass is 474 g/mol. The van der Waals surface area contributed by atoms with Crippen molar-refractivity contribution in [3.63, 3.8) is 0 Å². The molecular formula is C23H30N4O7. The summed E-state index contributed by atoms with van der Waals surface area (Å²) in [7, 11) is 0. The maximum atomic E-state index is 12.9. The van der Waals surface area contributed by atoms with Crippen LogP contribution in [0.25, 0.3) is 0 Å². The number of hydrogen-bond donors (Lipinski definition) is 3.